The quantitative estimate of drug-likeness (QED) is 0.300. The van der Waals surface area contributed by atoms with Gasteiger partial charge in [0.15, 0.2) is 0 Å². The number of hydrogen-bond donors (Lipinski definition) is 0. The average Bonchev–Trinajstić information content (AvgIpc) is 2.98. The molecule has 1 saturated carbocycles. The standard InChI is InChI=1S/C33H37NO5/c1-24(35)38-32-29(22-25-14-6-2-7-15-25)34(33(36)37-23-26-16-8-3-9-17-26)30(27-18-10-4-11-19-27)31(39-32)28-20-12-5-13-21-28/h3-5,8-13,16-21,25,29-32H,2,6-7,14-15,22-23H2,1H3/t29-,30-,31+,32?/m1/s1. The van der Waals surface area contributed by atoms with Crippen molar-refractivity contribution in [1.29, 1.82) is 0 Å². The van der Waals surface area contributed by atoms with Gasteiger partial charge in [-0.05, 0) is 29.0 Å². The fourth-order valence-electron chi connectivity index (χ4n) is 5.98. The number of rotatable bonds is 7. The SMILES string of the molecule is CC(=O)OC1O[C@@H](c2ccccc2)[C@@H](c2ccccc2)N(C(=O)OCc2ccccc2)[C@@H]1CC1CCCCC1. The van der Waals surface area contributed by atoms with Gasteiger partial charge in [0, 0.05) is 6.92 Å². The van der Waals surface area contributed by atoms with Gasteiger partial charge in [-0.2, -0.15) is 0 Å². The van der Waals surface area contributed by atoms with Gasteiger partial charge in [0.2, 0.25) is 6.29 Å². The van der Waals surface area contributed by atoms with E-state index in [1.54, 1.807) is 0 Å². The van der Waals surface area contributed by atoms with Crippen LogP contribution in [0.3, 0.4) is 0 Å². The zero-order chi connectivity index (χ0) is 27.0. The summed E-state index contributed by atoms with van der Waals surface area (Å²) in [4.78, 5) is 28.2. The van der Waals surface area contributed by atoms with Gasteiger partial charge >= 0.3 is 12.1 Å². The van der Waals surface area contributed by atoms with Crippen LogP contribution in [0.2, 0.25) is 0 Å². The van der Waals surface area contributed by atoms with Crippen LogP contribution in [0, 0.1) is 5.92 Å². The number of esters is 1. The topological polar surface area (TPSA) is 65.1 Å². The molecule has 1 heterocycles. The summed E-state index contributed by atoms with van der Waals surface area (Å²) < 4.78 is 18.4. The molecule has 0 N–H and O–H groups in total. The van der Waals surface area contributed by atoms with Gasteiger partial charge in [0.05, 0.1) is 12.1 Å². The fraction of sp³-hybridized carbons (Fsp3) is 0.394. The van der Waals surface area contributed by atoms with Gasteiger partial charge in [0.1, 0.15) is 12.7 Å². The molecule has 0 spiro atoms. The zero-order valence-electron chi connectivity index (χ0n) is 22.5. The van der Waals surface area contributed by atoms with Crippen molar-refractivity contribution in [3.63, 3.8) is 0 Å². The number of amides is 1. The minimum absolute atomic E-state index is 0.156. The Balaban J connectivity index is 1.56. The van der Waals surface area contributed by atoms with Crippen molar-refractivity contribution < 1.29 is 23.8 Å². The summed E-state index contributed by atoms with van der Waals surface area (Å²) in [6, 6.07) is 28.5. The van der Waals surface area contributed by atoms with E-state index in [1.165, 1.54) is 26.2 Å². The molecule has 1 unspecified atom stereocenters. The van der Waals surface area contributed by atoms with Crippen LogP contribution in [0.5, 0.6) is 0 Å². The van der Waals surface area contributed by atoms with Crippen LogP contribution in [0.15, 0.2) is 91.0 Å². The normalized spacial score (nSPS) is 23.7. The maximum atomic E-state index is 14.1. The number of hydrogen-bond acceptors (Lipinski definition) is 5. The van der Waals surface area contributed by atoms with Gasteiger partial charge in [0.25, 0.3) is 0 Å². The van der Waals surface area contributed by atoms with E-state index in [1.807, 2.05) is 95.9 Å². The molecule has 39 heavy (non-hydrogen) atoms. The number of nitrogens with zero attached hydrogens (tertiary/aromatic N) is 1. The van der Waals surface area contributed by atoms with Gasteiger partial charge < -0.3 is 14.2 Å². The first-order valence-corrected chi connectivity index (χ1v) is 14.0. The Morgan fingerprint density at radius 2 is 1.41 bits per heavy atom. The van der Waals surface area contributed by atoms with E-state index >= 15 is 0 Å². The van der Waals surface area contributed by atoms with Gasteiger partial charge in [-0.15, -0.1) is 0 Å². The second kappa shape index (κ2) is 12.9. The lowest BCUT2D eigenvalue weighted by molar-refractivity contribution is -0.248. The number of ether oxygens (including phenoxy) is 3. The number of morpholine rings is 1. The van der Waals surface area contributed by atoms with Crippen molar-refractivity contribution in [2.75, 3.05) is 0 Å². The van der Waals surface area contributed by atoms with E-state index in [-0.39, 0.29) is 6.61 Å². The van der Waals surface area contributed by atoms with Crippen molar-refractivity contribution in [1.82, 2.24) is 4.90 Å². The second-order valence-electron chi connectivity index (χ2n) is 10.6. The van der Waals surface area contributed by atoms with Gasteiger partial charge in [-0.3, -0.25) is 9.69 Å². The Labute approximate surface area is 230 Å². The smallest absolute Gasteiger partial charge is 0.411 e. The van der Waals surface area contributed by atoms with Crippen molar-refractivity contribution >= 4 is 12.1 Å². The van der Waals surface area contributed by atoms with Crippen molar-refractivity contribution in [3.8, 4) is 0 Å². The van der Waals surface area contributed by atoms with Crippen LogP contribution in [-0.2, 0) is 25.6 Å². The molecule has 3 aromatic rings. The molecule has 0 aromatic heterocycles. The molecule has 0 radical (unpaired) electrons. The summed E-state index contributed by atoms with van der Waals surface area (Å²) in [6.07, 6.45) is 4.55. The molecule has 2 aliphatic rings. The summed E-state index contributed by atoms with van der Waals surface area (Å²) in [7, 11) is 0. The Morgan fingerprint density at radius 3 is 2.03 bits per heavy atom. The molecular formula is C33H37NO5. The highest BCUT2D eigenvalue weighted by atomic mass is 16.7. The lowest BCUT2D eigenvalue weighted by Gasteiger charge is -2.49. The summed E-state index contributed by atoms with van der Waals surface area (Å²) >= 11 is 0. The highest BCUT2D eigenvalue weighted by Gasteiger charge is 2.50. The third kappa shape index (κ3) is 6.69. The molecular weight excluding hydrogens is 490 g/mol. The Bertz CT molecular complexity index is 1200. The zero-order valence-corrected chi connectivity index (χ0v) is 22.5. The molecule has 6 nitrogen and oxygen atoms in total. The highest BCUT2D eigenvalue weighted by Crippen LogP contribution is 2.46. The number of carbonyl (C=O) groups is 2. The fourth-order valence-corrected chi connectivity index (χ4v) is 5.98. The summed E-state index contributed by atoms with van der Waals surface area (Å²) in [5.41, 5.74) is 2.76. The Kier molecular flexibility index (Phi) is 8.94. The molecule has 1 amide bonds. The first-order chi connectivity index (χ1) is 19.1. The number of carbonyl (C=O) groups excluding carboxylic acids is 2. The highest BCUT2D eigenvalue weighted by molar-refractivity contribution is 5.70. The van der Waals surface area contributed by atoms with E-state index in [9.17, 15) is 9.59 Å². The monoisotopic (exact) mass is 527 g/mol. The summed E-state index contributed by atoms with van der Waals surface area (Å²) in [5.74, 6) is -0.0178. The predicted molar refractivity (Wildman–Crippen MR) is 148 cm³/mol. The lowest BCUT2D eigenvalue weighted by atomic mass is 9.82. The minimum Gasteiger partial charge on any atom is -0.445 e. The summed E-state index contributed by atoms with van der Waals surface area (Å²) in [5, 5.41) is 0. The third-order valence-electron chi connectivity index (χ3n) is 7.81. The Hall–Kier alpha value is -3.64. The van der Waals surface area contributed by atoms with E-state index in [2.05, 4.69) is 0 Å². The minimum atomic E-state index is -0.904. The second-order valence-corrected chi connectivity index (χ2v) is 10.6. The Morgan fingerprint density at radius 1 is 0.821 bits per heavy atom. The molecule has 1 aliphatic heterocycles. The van der Waals surface area contributed by atoms with Crippen LogP contribution >= 0.6 is 0 Å². The molecule has 204 valence electrons. The van der Waals surface area contributed by atoms with Crippen LogP contribution in [0.4, 0.5) is 4.79 Å². The van der Waals surface area contributed by atoms with E-state index in [0.29, 0.717) is 12.3 Å². The van der Waals surface area contributed by atoms with E-state index < -0.39 is 36.5 Å². The van der Waals surface area contributed by atoms with Crippen molar-refractivity contribution in [2.24, 2.45) is 5.92 Å². The molecule has 6 heteroatoms. The van der Waals surface area contributed by atoms with E-state index in [0.717, 1.165) is 29.5 Å². The first kappa shape index (κ1) is 26.9. The third-order valence-corrected chi connectivity index (χ3v) is 7.81. The molecule has 2 fully saturated rings. The number of benzene rings is 3. The molecule has 5 rings (SSSR count). The molecule has 1 aliphatic carbocycles. The maximum absolute atomic E-state index is 14.1. The van der Waals surface area contributed by atoms with Crippen molar-refractivity contribution in [2.45, 2.75) is 76.5 Å². The molecule has 1 saturated heterocycles. The van der Waals surface area contributed by atoms with E-state index in [4.69, 9.17) is 14.2 Å². The molecule has 4 atom stereocenters. The van der Waals surface area contributed by atoms with Gasteiger partial charge in [-0.1, -0.05) is 123 Å². The average molecular weight is 528 g/mol. The van der Waals surface area contributed by atoms with Crippen LogP contribution < -0.4 is 0 Å². The summed E-state index contributed by atoms with van der Waals surface area (Å²) in [6.45, 7) is 1.54. The molecule has 0 bridgehead atoms. The largest absolute Gasteiger partial charge is 0.445 e. The van der Waals surface area contributed by atoms with Crippen LogP contribution in [0.1, 0.15) is 74.3 Å². The lowest BCUT2D eigenvalue weighted by Crippen LogP contribution is -2.57. The predicted octanol–water partition coefficient (Wildman–Crippen LogP) is 7.37. The van der Waals surface area contributed by atoms with Crippen LogP contribution in [-0.4, -0.2) is 29.3 Å². The van der Waals surface area contributed by atoms with Crippen LogP contribution in [0.25, 0.3) is 0 Å². The van der Waals surface area contributed by atoms with Gasteiger partial charge in [-0.25, -0.2) is 4.79 Å². The van der Waals surface area contributed by atoms with Crippen molar-refractivity contribution in [3.05, 3.63) is 108 Å². The molecule has 3 aromatic carbocycles. The first-order valence-electron chi connectivity index (χ1n) is 14.0. The maximum Gasteiger partial charge on any atom is 0.411 e.